The molecular weight excluding hydrogens is 570 g/mol. The van der Waals surface area contributed by atoms with Gasteiger partial charge in [-0.3, -0.25) is 9.69 Å². The summed E-state index contributed by atoms with van der Waals surface area (Å²) >= 11 is 0. The van der Waals surface area contributed by atoms with Crippen molar-refractivity contribution < 1.29 is 32.9 Å². The fourth-order valence-corrected chi connectivity index (χ4v) is 6.37. The highest BCUT2D eigenvalue weighted by atomic mass is 19.3. The van der Waals surface area contributed by atoms with Crippen LogP contribution in [0.4, 0.5) is 8.78 Å². The molecule has 2 aliphatic rings. The summed E-state index contributed by atoms with van der Waals surface area (Å²) in [5, 5.41) is 18.9. The summed E-state index contributed by atoms with van der Waals surface area (Å²) in [4.78, 5) is 14.9. The number of benzene rings is 3. The van der Waals surface area contributed by atoms with Crippen molar-refractivity contribution in [3.63, 3.8) is 0 Å². The summed E-state index contributed by atoms with van der Waals surface area (Å²) in [5.41, 5.74) is 5.98. The first kappa shape index (κ1) is 29.8. The van der Waals surface area contributed by atoms with E-state index >= 15 is 0 Å². The predicted octanol–water partition coefficient (Wildman–Crippen LogP) is 6.32. The molecule has 3 heterocycles. The standard InChI is InChI=1S/C33H36F2N4O5/c1-7-23-17-39(15-21-10-13-26-30(29(21)42-23)44-33(34,35)43-26)16-22-14-20(9-8-18(22)2)27(32(4,5)31(40)41)24-11-12-25-28(19(24)3)36-37-38(25)6/h8-14,23,27H,7,15-17H2,1-6H3,(H,40,41)/t23-,27?/m1/s1. The van der Waals surface area contributed by atoms with Crippen LogP contribution in [-0.2, 0) is 24.9 Å². The Hall–Kier alpha value is -4.25. The van der Waals surface area contributed by atoms with Gasteiger partial charge in [-0.2, -0.15) is 0 Å². The molecule has 4 aromatic rings. The highest BCUT2D eigenvalue weighted by Crippen LogP contribution is 2.50. The lowest BCUT2D eigenvalue weighted by molar-refractivity contribution is -0.287. The van der Waals surface area contributed by atoms with Crippen LogP contribution in [0.25, 0.3) is 11.0 Å². The van der Waals surface area contributed by atoms with E-state index in [1.54, 1.807) is 24.6 Å². The number of carboxylic acids is 1. The van der Waals surface area contributed by atoms with E-state index in [2.05, 4.69) is 26.0 Å². The number of hydrogen-bond donors (Lipinski definition) is 1. The zero-order chi connectivity index (χ0) is 31.6. The molecule has 44 heavy (non-hydrogen) atoms. The van der Waals surface area contributed by atoms with E-state index in [-0.39, 0.29) is 23.4 Å². The topological polar surface area (TPSA) is 98.9 Å². The SMILES string of the molecule is CC[C@@H]1CN(Cc2cc(C(c3ccc4c(nnn4C)c3C)C(C)(C)C(=O)O)ccc2C)Cc2ccc3c(c2O1)OC(F)(F)O3. The maximum Gasteiger partial charge on any atom is 0.586 e. The number of halogens is 2. The minimum Gasteiger partial charge on any atom is -0.485 e. The quantitative estimate of drug-likeness (QED) is 0.261. The van der Waals surface area contributed by atoms with Crippen LogP contribution in [0.3, 0.4) is 0 Å². The van der Waals surface area contributed by atoms with Crippen molar-refractivity contribution in [2.45, 2.75) is 72.4 Å². The molecule has 0 saturated carbocycles. The molecular formula is C33H36F2N4O5. The Balaban J connectivity index is 1.38. The van der Waals surface area contributed by atoms with Gasteiger partial charge >= 0.3 is 12.3 Å². The molecule has 0 radical (unpaired) electrons. The highest BCUT2D eigenvalue weighted by molar-refractivity contribution is 5.81. The lowest BCUT2D eigenvalue weighted by Gasteiger charge is -2.33. The summed E-state index contributed by atoms with van der Waals surface area (Å²) in [6.07, 6.45) is -3.33. The normalized spacial score (nSPS) is 18.5. The average Bonchev–Trinajstić information content (AvgIpc) is 3.43. The second-order valence-corrected chi connectivity index (χ2v) is 12.4. The summed E-state index contributed by atoms with van der Waals surface area (Å²) < 4.78 is 45.2. The van der Waals surface area contributed by atoms with Crippen molar-refractivity contribution in [2.75, 3.05) is 6.54 Å². The van der Waals surface area contributed by atoms with Crippen LogP contribution < -0.4 is 14.2 Å². The Kier molecular flexibility index (Phi) is 7.27. The third-order valence-corrected chi connectivity index (χ3v) is 8.97. The first-order valence-electron chi connectivity index (χ1n) is 14.7. The molecule has 232 valence electrons. The van der Waals surface area contributed by atoms with E-state index < -0.39 is 23.6 Å². The molecule has 0 bridgehead atoms. The van der Waals surface area contributed by atoms with Gasteiger partial charge in [0, 0.05) is 38.2 Å². The van der Waals surface area contributed by atoms with Gasteiger partial charge in [0.1, 0.15) is 11.6 Å². The van der Waals surface area contributed by atoms with Crippen molar-refractivity contribution >= 4 is 17.0 Å². The summed E-state index contributed by atoms with van der Waals surface area (Å²) in [6.45, 7) is 11.1. The van der Waals surface area contributed by atoms with Gasteiger partial charge in [0.05, 0.1) is 10.9 Å². The molecule has 0 aliphatic carbocycles. The first-order chi connectivity index (χ1) is 20.8. The van der Waals surface area contributed by atoms with Gasteiger partial charge in [-0.25, -0.2) is 4.68 Å². The van der Waals surface area contributed by atoms with Gasteiger partial charge in [-0.15, -0.1) is 13.9 Å². The van der Waals surface area contributed by atoms with Gasteiger partial charge in [-0.1, -0.05) is 42.5 Å². The van der Waals surface area contributed by atoms with Gasteiger partial charge in [-0.05, 0) is 74.1 Å². The molecule has 3 aromatic carbocycles. The minimum absolute atomic E-state index is 0.0392. The summed E-state index contributed by atoms with van der Waals surface area (Å²) in [7, 11) is 1.83. The van der Waals surface area contributed by atoms with Crippen molar-refractivity contribution in [2.24, 2.45) is 12.5 Å². The number of carbonyl (C=O) groups is 1. The Morgan fingerprint density at radius 2 is 1.91 bits per heavy atom. The molecule has 1 N–H and O–H groups in total. The number of fused-ring (bicyclic) bond motifs is 4. The lowest BCUT2D eigenvalue weighted by atomic mass is 9.69. The molecule has 0 amide bonds. The smallest absolute Gasteiger partial charge is 0.485 e. The molecule has 1 unspecified atom stereocenters. The van der Waals surface area contributed by atoms with Crippen molar-refractivity contribution in [1.29, 1.82) is 0 Å². The molecule has 0 saturated heterocycles. The van der Waals surface area contributed by atoms with Crippen molar-refractivity contribution in [3.8, 4) is 17.2 Å². The van der Waals surface area contributed by atoms with Crippen molar-refractivity contribution in [1.82, 2.24) is 19.9 Å². The number of aryl methyl sites for hydroxylation is 3. The van der Waals surface area contributed by atoms with Crippen LogP contribution in [0.5, 0.6) is 17.2 Å². The Labute approximate surface area is 254 Å². The fraction of sp³-hybridized carbons (Fsp3) is 0.424. The zero-order valence-electron chi connectivity index (χ0n) is 25.6. The van der Waals surface area contributed by atoms with Gasteiger partial charge in [0.25, 0.3) is 0 Å². The number of aromatic nitrogens is 3. The number of ether oxygens (including phenoxy) is 3. The molecule has 9 nitrogen and oxygen atoms in total. The Bertz CT molecular complexity index is 1770. The number of aliphatic carboxylic acids is 1. The maximum atomic E-state index is 13.9. The van der Waals surface area contributed by atoms with E-state index in [4.69, 9.17) is 9.47 Å². The zero-order valence-corrected chi connectivity index (χ0v) is 25.6. The fourth-order valence-electron chi connectivity index (χ4n) is 6.37. The lowest BCUT2D eigenvalue weighted by Crippen LogP contribution is -2.33. The van der Waals surface area contributed by atoms with Gasteiger partial charge < -0.3 is 19.3 Å². The predicted molar refractivity (Wildman–Crippen MR) is 159 cm³/mol. The van der Waals surface area contributed by atoms with Crippen molar-refractivity contribution in [3.05, 3.63) is 75.8 Å². The maximum absolute atomic E-state index is 13.9. The number of alkyl halides is 2. The van der Waals surface area contributed by atoms with Gasteiger partial charge in [0.2, 0.25) is 5.75 Å². The number of hydrogen-bond acceptors (Lipinski definition) is 7. The molecule has 6 rings (SSSR count). The molecule has 0 spiro atoms. The van der Waals surface area contributed by atoms with Crippen LogP contribution >= 0.6 is 0 Å². The molecule has 11 heteroatoms. The minimum atomic E-state index is -3.73. The third kappa shape index (κ3) is 5.12. The van der Waals surface area contributed by atoms with E-state index in [0.717, 1.165) is 44.4 Å². The monoisotopic (exact) mass is 606 g/mol. The van der Waals surface area contributed by atoms with Crippen LogP contribution in [0.1, 0.15) is 66.5 Å². The second kappa shape index (κ2) is 10.7. The first-order valence-corrected chi connectivity index (χ1v) is 14.7. The van der Waals surface area contributed by atoms with Crippen LogP contribution in [0, 0.1) is 19.3 Å². The molecule has 1 aromatic heterocycles. The van der Waals surface area contributed by atoms with Crippen LogP contribution in [-0.4, -0.2) is 49.9 Å². The second-order valence-electron chi connectivity index (χ2n) is 12.4. The molecule has 0 fully saturated rings. The largest absolute Gasteiger partial charge is 0.586 e. The molecule has 2 atom stereocenters. The third-order valence-electron chi connectivity index (χ3n) is 8.97. The Morgan fingerprint density at radius 3 is 2.64 bits per heavy atom. The molecule has 2 aliphatic heterocycles. The number of carboxylic acid groups (broad SMARTS) is 1. The number of nitrogens with zero attached hydrogens (tertiary/aromatic N) is 4. The van der Waals surface area contributed by atoms with Gasteiger partial charge in [0.15, 0.2) is 11.5 Å². The average molecular weight is 607 g/mol. The highest BCUT2D eigenvalue weighted by Gasteiger charge is 2.46. The Morgan fingerprint density at radius 1 is 1.14 bits per heavy atom. The van der Waals surface area contributed by atoms with Crippen LogP contribution in [0.15, 0.2) is 42.5 Å². The van der Waals surface area contributed by atoms with E-state index in [9.17, 15) is 18.7 Å². The van der Waals surface area contributed by atoms with E-state index in [1.807, 2.05) is 52.1 Å². The number of rotatable bonds is 7. The van der Waals surface area contributed by atoms with E-state index in [0.29, 0.717) is 26.1 Å². The summed E-state index contributed by atoms with van der Waals surface area (Å²) in [5.74, 6) is -1.19. The van der Waals surface area contributed by atoms with Crippen LogP contribution in [0.2, 0.25) is 0 Å². The van der Waals surface area contributed by atoms with E-state index in [1.165, 1.54) is 6.07 Å². The summed E-state index contributed by atoms with van der Waals surface area (Å²) in [6, 6.07) is 13.3.